The molecule has 1 aromatic rings. The Balaban J connectivity index is 2.50. The topological polar surface area (TPSA) is 35.5 Å². The van der Waals surface area contributed by atoms with Crippen LogP contribution < -0.4 is 4.74 Å². The summed E-state index contributed by atoms with van der Waals surface area (Å²) in [6.07, 6.45) is 5.10. The molecule has 0 radical (unpaired) electrons. The lowest BCUT2D eigenvalue weighted by Gasteiger charge is -2.03. The lowest BCUT2D eigenvalue weighted by molar-refractivity contribution is -0.137. The molecule has 0 aliphatic heterocycles. The van der Waals surface area contributed by atoms with Crippen molar-refractivity contribution < 1.29 is 14.3 Å². The van der Waals surface area contributed by atoms with Crippen molar-refractivity contribution in [2.24, 2.45) is 0 Å². The van der Waals surface area contributed by atoms with Crippen LogP contribution in [-0.4, -0.2) is 19.2 Å². The molecule has 0 aromatic heterocycles. The van der Waals surface area contributed by atoms with Gasteiger partial charge < -0.3 is 9.47 Å². The number of esters is 1. The average molecular weight is 248 g/mol. The van der Waals surface area contributed by atoms with Gasteiger partial charge in [-0.1, -0.05) is 25.5 Å². The summed E-state index contributed by atoms with van der Waals surface area (Å²) in [7, 11) is 0. The van der Waals surface area contributed by atoms with Crippen LogP contribution in [0.5, 0.6) is 5.75 Å². The van der Waals surface area contributed by atoms with Crippen LogP contribution in [-0.2, 0) is 9.53 Å². The average Bonchev–Trinajstić information content (AvgIpc) is 2.38. The van der Waals surface area contributed by atoms with Crippen LogP contribution in [0.1, 0.15) is 32.3 Å². The van der Waals surface area contributed by atoms with E-state index in [4.69, 9.17) is 9.47 Å². The Kier molecular flexibility index (Phi) is 6.62. The summed E-state index contributed by atoms with van der Waals surface area (Å²) < 4.78 is 10.4. The number of ether oxygens (including phenoxy) is 2. The summed E-state index contributed by atoms with van der Waals surface area (Å²) in [5.74, 6) is 0.504. The van der Waals surface area contributed by atoms with Crippen molar-refractivity contribution in [1.82, 2.24) is 0 Å². The van der Waals surface area contributed by atoms with Crippen LogP contribution in [0.25, 0.3) is 6.08 Å². The van der Waals surface area contributed by atoms with E-state index in [1.54, 1.807) is 6.08 Å². The second kappa shape index (κ2) is 8.34. The molecular weight excluding hydrogens is 228 g/mol. The first-order valence-electron chi connectivity index (χ1n) is 6.34. The van der Waals surface area contributed by atoms with Gasteiger partial charge in [-0.3, -0.25) is 0 Å². The van der Waals surface area contributed by atoms with Crippen LogP contribution in [0.15, 0.2) is 30.3 Å². The van der Waals surface area contributed by atoms with Crippen molar-refractivity contribution in [3.8, 4) is 5.75 Å². The summed E-state index contributed by atoms with van der Waals surface area (Å²) in [5, 5.41) is 0. The van der Waals surface area contributed by atoms with E-state index in [2.05, 4.69) is 6.92 Å². The number of rotatable bonds is 7. The molecule has 0 heterocycles. The van der Waals surface area contributed by atoms with Gasteiger partial charge in [-0.2, -0.15) is 0 Å². The van der Waals surface area contributed by atoms with Crippen molar-refractivity contribution in [1.29, 1.82) is 0 Å². The normalized spacial score (nSPS) is 10.6. The maximum Gasteiger partial charge on any atom is 0.330 e. The molecule has 0 saturated carbocycles. The molecule has 0 N–H and O–H groups in total. The second-order valence-corrected chi connectivity index (χ2v) is 3.86. The van der Waals surface area contributed by atoms with Gasteiger partial charge in [-0.25, -0.2) is 4.79 Å². The molecule has 18 heavy (non-hydrogen) atoms. The third-order valence-electron chi connectivity index (χ3n) is 2.32. The Bertz CT molecular complexity index is 396. The number of unbranched alkanes of at least 4 members (excludes halogenated alkanes) is 1. The Morgan fingerprint density at radius 2 is 2.17 bits per heavy atom. The highest BCUT2D eigenvalue weighted by molar-refractivity contribution is 5.87. The summed E-state index contributed by atoms with van der Waals surface area (Å²) in [6.45, 7) is 5.11. The first-order chi connectivity index (χ1) is 8.76. The zero-order valence-corrected chi connectivity index (χ0v) is 11.0. The lowest BCUT2D eigenvalue weighted by atomic mass is 10.2. The SMILES string of the molecule is CCCCOC(=O)C=Cc1cccc(OCC)c1. The zero-order chi connectivity index (χ0) is 13.2. The van der Waals surface area contributed by atoms with E-state index in [9.17, 15) is 4.79 Å². The molecule has 0 amide bonds. The highest BCUT2D eigenvalue weighted by Gasteiger charge is 1.97. The Labute approximate surface area is 108 Å². The largest absolute Gasteiger partial charge is 0.494 e. The third-order valence-corrected chi connectivity index (χ3v) is 2.32. The number of hydrogen-bond donors (Lipinski definition) is 0. The minimum absolute atomic E-state index is 0.301. The molecule has 0 fully saturated rings. The molecule has 1 aromatic carbocycles. The van der Waals surface area contributed by atoms with Gasteiger partial charge in [0, 0.05) is 6.08 Å². The Morgan fingerprint density at radius 1 is 1.33 bits per heavy atom. The van der Waals surface area contributed by atoms with Crippen molar-refractivity contribution in [2.75, 3.05) is 13.2 Å². The van der Waals surface area contributed by atoms with E-state index < -0.39 is 0 Å². The highest BCUT2D eigenvalue weighted by Crippen LogP contribution is 2.14. The van der Waals surface area contributed by atoms with E-state index in [0.717, 1.165) is 24.2 Å². The van der Waals surface area contributed by atoms with Gasteiger partial charge in [0.2, 0.25) is 0 Å². The molecular formula is C15H20O3. The quantitative estimate of drug-likeness (QED) is 0.421. The molecule has 0 aliphatic carbocycles. The second-order valence-electron chi connectivity index (χ2n) is 3.86. The Hall–Kier alpha value is -1.77. The van der Waals surface area contributed by atoms with Gasteiger partial charge in [-0.15, -0.1) is 0 Å². The van der Waals surface area contributed by atoms with Crippen molar-refractivity contribution in [2.45, 2.75) is 26.7 Å². The van der Waals surface area contributed by atoms with Gasteiger partial charge >= 0.3 is 5.97 Å². The van der Waals surface area contributed by atoms with Gasteiger partial charge in [-0.05, 0) is 37.1 Å². The first-order valence-corrected chi connectivity index (χ1v) is 6.34. The van der Waals surface area contributed by atoms with Crippen molar-refractivity contribution in [3.05, 3.63) is 35.9 Å². The summed E-state index contributed by atoms with van der Waals surface area (Å²) in [4.78, 5) is 11.4. The molecule has 3 nitrogen and oxygen atoms in total. The third kappa shape index (κ3) is 5.53. The summed E-state index contributed by atoms with van der Waals surface area (Å²) in [5.41, 5.74) is 0.924. The van der Waals surface area contributed by atoms with E-state index in [1.807, 2.05) is 31.2 Å². The Morgan fingerprint density at radius 3 is 2.89 bits per heavy atom. The molecule has 0 atom stereocenters. The fourth-order valence-electron chi connectivity index (χ4n) is 1.40. The maximum absolute atomic E-state index is 11.4. The van der Waals surface area contributed by atoms with Gasteiger partial charge in [0.05, 0.1) is 13.2 Å². The minimum atomic E-state index is -0.301. The predicted molar refractivity (Wildman–Crippen MR) is 72.5 cm³/mol. The number of benzene rings is 1. The van der Waals surface area contributed by atoms with Crippen LogP contribution in [0.2, 0.25) is 0 Å². The summed E-state index contributed by atoms with van der Waals surface area (Å²) in [6, 6.07) is 7.59. The predicted octanol–water partition coefficient (Wildman–Crippen LogP) is 3.44. The minimum Gasteiger partial charge on any atom is -0.494 e. The van der Waals surface area contributed by atoms with Crippen molar-refractivity contribution >= 4 is 12.0 Å². The fourth-order valence-corrected chi connectivity index (χ4v) is 1.40. The molecule has 0 aliphatic rings. The molecule has 98 valence electrons. The van der Waals surface area contributed by atoms with Gasteiger partial charge in [0.1, 0.15) is 5.75 Å². The maximum atomic E-state index is 11.4. The summed E-state index contributed by atoms with van der Waals surface area (Å²) >= 11 is 0. The number of carbonyl (C=O) groups is 1. The monoisotopic (exact) mass is 248 g/mol. The van der Waals surface area contributed by atoms with Crippen LogP contribution >= 0.6 is 0 Å². The van der Waals surface area contributed by atoms with Crippen LogP contribution in [0.3, 0.4) is 0 Å². The van der Waals surface area contributed by atoms with E-state index in [-0.39, 0.29) is 5.97 Å². The van der Waals surface area contributed by atoms with E-state index >= 15 is 0 Å². The smallest absolute Gasteiger partial charge is 0.330 e. The lowest BCUT2D eigenvalue weighted by Crippen LogP contribution is -2.01. The number of hydrogen-bond acceptors (Lipinski definition) is 3. The van der Waals surface area contributed by atoms with E-state index in [1.165, 1.54) is 6.08 Å². The molecule has 0 bridgehead atoms. The van der Waals surface area contributed by atoms with Gasteiger partial charge in [0.15, 0.2) is 0 Å². The van der Waals surface area contributed by atoms with Gasteiger partial charge in [0.25, 0.3) is 0 Å². The van der Waals surface area contributed by atoms with E-state index in [0.29, 0.717) is 13.2 Å². The molecule has 0 unspecified atom stereocenters. The number of carbonyl (C=O) groups excluding carboxylic acids is 1. The first kappa shape index (κ1) is 14.3. The molecule has 1 rings (SSSR count). The standard InChI is InChI=1S/C15H20O3/c1-3-5-11-18-15(16)10-9-13-7-6-8-14(12-13)17-4-2/h6-10,12H,3-5,11H2,1-2H3. The molecule has 3 heteroatoms. The fraction of sp³-hybridized carbons (Fsp3) is 0.400. The molecule has 0 saturated heterocycles. The highest BCUT2D eigenvalue weighted by atomic mass is 16.5. The van der Waals surface area contributed by atoms with Crippen LogP contribution in [0, 0.1) is 0 Å². The zero-order valence-electron chi connectivity index (χ0n) is 11.0. The van der Waals surface area contributed by atoms with Crippen LogP contribution in [0.4, 0.5) is 0 Å². The molecule has 0 spiro atoms. The van der Waals surface area contributed by atoms with Crippen molar-refractivity contribution in [3.63, 3.8) is 0 Å².